The van der Waals surface area contributed by atoms with Gasteiger partial charge in [-0.2, -0.15) is 0 Å². The summed E-state index contributed by atoms with van der Waals surface area (Å²) in [5.74, 6) is -2.45. The normalized spacial score (nSPS) is 10.9. The van der Waals surface area contributed by atoms with E-state index in [0.717, 1.165) is 6.07 Å². The third kappa shape index (κ3) is 3.74. The van der Waals surface area contributed by atoms with Crippen LogP contribution >= 0.6 is 0 Å². The highest BCUT2D eigenvalue weighted by atomic mass is 19.1. The van der Waals surface area contributed by atoms with E-state index in [1.54, 1.807) is 13.1 Å². The standard InChI is InChI=1S/C21H19F3N2O2/c1-3-4-5-8-26-20-14(23)10-15(24)21-19(20)17(27)11-18(28-21)12-6-7-16(25-2)13(22)9-12/h3,6-7,9-11,25-26H,1,4-5,8H2,2H3. The van der Waals surface area contributed by atoms with Gasteiger partial charge < -0.3 is 15.1 Å². The van der Waals surface area contributed by atoms with Crippen molar-refractivity contribution < 1.29 is 17.6 Å². The first-order valence-corrected chi connectivity index (χ1v) is 8.74. The van der Waals surface area contributed by atoms with Gasteiger partial charge >= 0.3 is 0 Å². The largest absolute Gasteiger partial charge is 0.453 e. The van der Waals surface area contributed by atoms with Gasteiger partial charge in [0.1, 0.15) is 17.4 Å². The van der Waals surface area contributed by atoms with Crippen molar-refractivity contribution in [2.45, 2.75) is 12.8 Å². The zero-order valence-corrected chi connectivity index (χ0v) is 15.2. The molecule has 0 aliphatic carbocycles. The van der Waals surface area contributed by atoms with Crippen LogP contribution in [-0.4, -0.2) is 13.6 Å². The molecule has 0 saturated heterocycles. The lowest BCUT2D eigenvalue weighted by molar-refractivity contribution is 0.545. The molecule has 4 nitrogen and oxygen atoms in total. The summed E-state index contributed by atoms with van der Waals surface area (Å²) in [6, 6.07) is 5.95. The van der Waals surface area contributed by atoms with Crippen molar-refractivity contribution in [2.24, 2.45) is 0 Å². The van der Waals surface area contributed by atoms with Crippen LogP contribution in [-0.2, 0) is 0 Å². The van der Waals surface area contributed by atoms with Gasteiger partial charge in [0, 0.05) is 31.3 Å². The van der Waals surface area contributed by atoms with Crippen LogP contribution in [0.15, 0.2) is 52.2 Å². The number of hydrogen-bond donors (Lipinski definition) is 2. The summed E-state index contributed by atoms with van der Waals surface area (Å²) in [4.78, 5) is 12.6. The van der Waals surface area contributed by atoms with Crippen LogP contribution in [0.2, 0.25) is 0 Å². The Morgan fingerprint density at radius 2 is 1.89 bits per heavy atom. The van der Waals surface area contributed by atoms with E-state index in [2.05, 4.69) is 17.2 Å². The second-order valence-electron chi connectivity index (χ2n) is 6.20. The highest BCUT2D eigenvalue weighted by Crippen LogP contribution is 2.31. The van der Waals surface area contributed by atoms with Crippen molar-refractivity contribution in [3.05, 3.63) is 70.7 Å². The Hall–Kier alpha value is -3.22. The summed E-state index contributed by atoms with van der Waals surface area (Å²) >= 11 is 0. The van der Waals surface area contributed by atoms with Crippen molar-refractivity contribution in [2.75, 3.05) is 24.2 Å². The predicted octanol–water partition coefficient (Wildman–Crippen LogP) is 5.30. The molecule has 28 heavy (non-hydrogen) atoms. The summed E-state index contributed by atoms with van der Waals surface area (Å²) in [5.41, 5.74) is -0.587. The van der Waals surface area contributed by atoms with Crippen molar-refractivity contribution in [3.8, 4) is 11.3 Å². The fourth-order valence-corrected chi connectivity index (χ4v) is 2.91. The smallest absolute Gasteiger partial charge is 0.195 e. The SMILES string of the molecule is C=CCCCNc1c(F)cc(F)c2oc(-c3ccc(NC)c(F)c3)cc(=O)c12. The van der Waals surface area contributed by atoms with Gasteiger partial charge in [0.05, 0.1) is 16.8 Å². The molecule has 0 atom stereocenters. The van der Waals surface area contributed by atoms with Crippen molar-refractivity contribution in [1.29, 1.82) is 0 Å². The number of halogens is 3. The first-order chi connectivity index (χ1) is 13.5. The van der Waals surface area contributed by atoms with E-state index in [1.807, 2.05) is 0 Å². The molecule has 0 fully saturated rings. The van der Waals surface area contributed by atoms with Gasteiger partial charge in [0.25, 0.3) is 0 Å². The fraction of sp³-hybridized carbons (Fsp3) is 0.190. The summed E-state index contributed by atoms with van der Waals surface area (Å²) in [7, 11) is 1.57. The van der Waals surface area contributed by atoms with Crippen LogP contribution in [0.4, 0.5) is 24.5 Å². The molecule has 0 aliphatic heterocycles. The number of unbranched alkanes of at least 4 members (excludes halogenated alkanes) is 1. The van der Waals surface area contributed by atoms with Crippen LogP contribution in [0.25, 0.3) is 22.3 Å². The maximum Gasteiger partial charge on any atom is 0.195 e. The van der Waals surface area contributed by atoms with E-state index in [4.69, 9.17) is 4.42 Å². The lowest BCUT2D eigenvalue weighted by Gasteiger charge is -2.12. The molecule has 2 aromatic carbocycles. The molecule has 146 valence electrons. The molecule has 2 N–H and O–H groups in total. The molecule has 0 unspecified atom stereocenters. The van der Waals surface area contributed by atoms with Gasteiger partial charge in [0.2, 0.25) is 0 Å². The predicted molar refractivity (Wildman–Crippen MR) is 105 cm³/mol. The molecule has 0 spiro atoms. The van der Waals surface area contributed by atoms with E-state index in [1.165, 1.54) is 18.2 Å². The van der Waals surface area contributed by atoms with E-state index >= 15 is 0 Å². The Balaban J connectivity index is 2.11. The average molecular weight is 388 g/mol. The van der Waals surface area contributed by atoms with E-state index in [0.29, 0.717) is 25.5 Å². The van der Waals surface area contributed by atoms with Gasteiger partial charge in [-0.1, -0.05) is 6.08 Å². The molecule has 1 aromatic heterocycles. The molecule has 0 bridgehead atoms. The molecule has 0 saturated carbocycles. The minimum absolute atomic E-state index is 0.0119. The highest BCUT2D eigenvalue weighted by molar-refractivity contribution is 5.91. The van der Waals surface area contributed by atoms with Crippen LogP contribution in [0.3, 0.4) is 0 Å². The minimum Gasteiger partial charge on any atom is -0.453 e. The molecular formula is C21H19F3N2O2. The topological polar surface area (TPSA) is 54.3 Å². The Morgan fingerprint density at radius 1 is 1.11 bits per heavy atom. The second kappa shape index (κ2) is 8.21. The van der Waals surface area contributed by atoms with Crippen molar-refractivity contribution in [1.82, 2.24) is 0 Å². The quantitative estimate of drug-likeness (QED) is 0.426. The number of nitrogens with one attached hydrogen (secondary N) is 2. The first kappa shape index (κ1) is 19.5. The lowest BCUT2D eigenvalue weighted by atomic mass is 10.1. The summed E-state index contributed by atoms with van der Waals surface area (Å²) in [6.07, 6.45) is 3.10. The number of benzene rings is 2. The van der Waals surface area contributed by atoms with Gasteiger partial charge in [-0.3, -0.25) is 4.79 Å². The van der Waals surface area contributed by atoms with Crippen LogP contribution in [0.1, 0.15) is 12.8 Å². The lowest BCUT2D eigenvalue weighted by Crippen LogP contribution is -2.10. The Kier molecular flexibility index (Phi) is 5.73. The number of hydrogen-bond acceptors (Lipinski definition) is 4. The minimum atomic E-state index is -1.00. The highest BCUT2D eigenvalue weighted by Gasteiger charge is 2.19. The van der Waals surface area contributed by atoms with E-state index < -0.39 is 22.9 Å². The molecular weight excluding hydrogens is 369 g/mol. The molecule has 0 amide bonds. The van der Waals surface area contributed by atoms with E-state index in [-0.39, 0.29) is 33.7 Å². The zero-order valence-electron chi connectivity index (χ0n) is 15.2. The van der Waals surface area contributed by atoms with Gasteiger partial charge in [-0.15, -0.1) is 6.58 Å². The third-order valence-electron chi connectivity index (χ3n) is 4.32. The van der Waals surface area contributed by atoms with Crippen LogP contribution in [0, 0.1) is 17.5 Å². The summed E-state index contributed by atoms with van der Waals surface area (Å²) in [6.45, 7) is 3.98. The summed E-state index contributed by atoms with van der Waals surface area (Å²) in [5, 5.41) is 5.29. The van der Waals surface area contributed by atoms with E-state index in [9.17, 15) is 18.0 Å². The van der Waals surface area contributed by atoms with Gasteiger partial charge in [0.15, 0.2) is 16.8 Å². The van der Waals surface area contributed by atoms with Gasteiger partial charge in [-0.25, -0.2) is 13.2 Å². The fourth-order valence-electron chi connectivity index (χ4n) is 2.91. The number of allylic oxidation sites excluding steroid dienone is 1. The second-order valence-corrected chi connectivity index (χ2v) is 6.20. The van der Waals surface area contributed by atoms with Crippen LogP contribution in [0.5, 0.6) is 0 Å². The molecule has 3 rings (SSSR count). The average Bonchev–Trinajstić information content (AvgIpc) is 2.67. The Labute approximate surface area is 159 Å². The molecule has 0 aliphatic rings. The maximum atomic E-state index is 14.3. The monoisotopic (exact) mass is 388 g/mol. The van der Waals surface area contributed by atoms with Crippen molar-refractivity contribution >= 4 is 22.3 Å². The molecule has 3 aromatic rings. The van der Waals surface area contributed by atoms with Crippen LogP contribution < -0.4 is 16.1 Å². The third-order valence-corrected chi connectivity index (χ3v) is 4.32. The first-order valence-electron chi connectivity index (χ1n) is 8.74. The number of rotatable bonds is 7. The zero-order chi connectivity index (χ0) is 20.3. The molecule has 0 radical (unpaired) electrons. The Morgan fingerprint density at radius 3 is 2.57 bits per heavy atom. The maximum absolute atomic E-state index is 14.3. The number of anilines is 2. The van der Waals surface area contributed by atoms with Crippen molar-refractivity contribution in [3.63, 3.8) is 0 Å². The van der Waals surface area contributed by atoms with Gasteiger partial charge in [-0.05, 0) is 31.0 Å². The number of fused-ring (bicyclic) bond motifs is 1. The molecule has 7 heteroatoms. The molecule has 1 heterocycles. The summed E-state index contributed by atoms with van der Waals surface area (Å²) < 4.78 is 48.2. The Bertz CT molecular complexity index is 1090.